The number of piperazine rings is 1. The number of fused-ring (bicyclic) bond motifs is 2. The number of amides is 3. The third kappa shape index (κ3) is 4.87. The van der Waals surface area contributed by atoms with Crippen LogP contribution in [0.1, 0.15) is 51.4 Å². The Kier molecular flexibility index (Phi) is 6.44. The largest absolute Gasteiger partial charge is 0.444 e. The highest BCUT2D eigenvalue weighted by atomic mass is 16.6. The second-order valence-electron chi connectivity index (χ2n) is 11.5. The second-order valence-corrected chi connectivity index (χ2v) is 11.5. The van der Waals surface area contributed by atoms with E-state index in [1.54, 1.807) is 11.1 Å². The number of nitrogens with one attached hydrogen (secondary N) is 1. The lowest BCUT2D eigenvalue weighted by molar-refractivity contribution is 0.00565. The number of carbonyl (C=O) groups excluding carboxylic acids is 2. The maximum atomic E-state index is 13.4. The Balaban J connectivity index is 1.33. The van der Waals surface area contributed by atoms with Gasteiger partial charge in [-0.1, -0.05) is 0 Å². The van der Waals surface area contributed by atoms with Crippen LogP contribution in [0.2, 0.25) is 0 Å². The Labute approximate surface area is 223 Å². The highest BCUT2D eigenvalue weighted by molar-refractivity contribution is 6.03. The minimum Gasteiger partial charge on any atom is -0.444 e. The summed E-state index contributed by atoms with van der Waals surface area (Å²) in [4.78, 5) is 36.7. The molecular weight excluding hydrogens is 482 g/mol. The van der Waals surface area contributed by atoms with Crippen LogP contribution in [0.3, 0.4) is 0 Å². The van der Waals surface area contributed by atoms with Gasteiger partial charge in [-0.15, -0.1) is 0 Å². The molecule has 10 nitrogen and oxygen atoms in total. The number of ether oxygens (including phenoxy) is 1. The van der Waals surface area contributed by atoms with Crippen LogP contribution < -0.4 is 15.1 Å². The molecule has 3 aromatic heterocycles. The zero-order valence-corrected chi connectivity index (χ0v) is 23.3. The predicted octanol–water partition coefficient (Wildman–Crippen LogP) is 4.77. The van der Waals surface area contributed by atoms with Gasteiger partial charge in [0.1, 0.15) is 11.4 Å². The van der Waals surface area contributed by atoms with Crippen molar-refractivity contribution < 1.29 is 14.3 Å². The molecule has 10 heteroatoms. The third-order valence-corrected chi connectivity index (χ3v) is 7.12. The van der Waals surface area contributed by atoms with E-state index in [4.69, 9.17) is 4.74 Å². The van der Waals surface area contributed by atoms with Gasteiger partial charge in [0.25, 0.3) is 0 Å². The molecule has 1 saturated heterocycles. The third-order valence-electron chi connectivity index (χ3n) is 7.12. The van der Waals surface area contributed by atoms with Crippen LogP contribution in [0, 0.1) is 13.8 Å². The molecule has 2 atom stereocenters. The summed E-state index contributed by atoms with van der Waals surface area (Å²) < 4.78 is 7.48. The Morgan fingerprint density at radius 3 is 2.50 bits per heavy atom. The number of rotatable bonds is 2. The topological polar surface area (TPSA) is 95.3 Å². The van der Waals surface area contributed by atoms with Crippen molar-refractivity contribution >= 4 is 34.8 Å². The van der Waals surface area contributed by atoms with Gasteiger partial charge in [-0.3, -0.25) is 9.80 Å². The molecule has 0 radical (unpaired) electrons. The van der Waals surface area contributed by atoms with Gasteiger partial charge >= 0.3 is 12.1 Å². The molecule has 0 aliphatic carbocycles. The van der Waals surface area contributed by atoms with Crippen LogP contribution in [0.25, 0.3) is 5.52 Å². The molecular formula is C28H37N7O3. The lowest BCUT2D eigenvalue weighted by atomic mass is 10.1. The Morgan fingerprint density at radius 1 is 1.11 bits per heavy atom. The first-order valence-electron chi connectivity index (χ1n) is 13.2. The molecule has 202 valence electrons. The van der Waals surface area contributed by atoms with Crippen LogP contribution in [-0.2, 0) is 11.2 Å². The normalized spacial score (nSPS) is 19.6. The van der Waals surface area contributed by atoms with Crippen molar-refractivity contribution in [3.05, 3.63) is 47.4 Å². The summed E-state index contributed by atoms with van der Waals surface area (Å²) in [6.07, 6.45) is 4.13. The van der Waals surface area contributed by atoms with Gasteiger partial charge in [0.2, 0.25) is 0 Å². The fourth-order valence-electron chi connectivity index (χ4n) is 5.54. The van der Waals surface area contributed by atoms with E-state index in [1.165, 1.54) is 0 Å². The predicted molar refractivity (Wildman–Crippen MR) is 148 cm³/mol. The quantitative estimate of drug-likeness (QED) is 0.524. The van der Waals surface area contributed by atoms with Crippen molar-refractivity contribution in [3.63, 3.8) is 0 Å². The number of hydrogen-bond donors (Lipinski definition) is 1. The van der Waals surface area contributed by atoms with Crippen molar-refractivity contribution in [2.45, 2.75) is 72.6 Å². The van der Waals surface area contributed by atoms with Gasteiger partial charge in [-0.2, -0.15) is 5.10 Å². The van der Waals surface area contributed by atoms with E-state index in [-0.39, 0.29) is 24.2 Å². The van der Waals surface area contributed by atoms with Crippen molar-refractivity contribution in [2.75, 3.05) is 34.8 Å². The number of hydrogen-bond acceptors (Lipinski definition) is 6. The molecule has 0 aromatic carbocycles. The molecule has 1 fully saturated rings. The smallest absolute Gasteiger partial charge is 0.410 e. The zero-order valence-electron chi connectivity index (χ0n) is 23.3. The zero-order chi connectivity index (χ0) is 27.4. The van der Waals surface area contributed by atoms with Crippen molar-refractivity contribution in [1.29, 1.82) is 0 Å². The summed E-state index contributed by atoms with van der Waals surface area (Å²) in [5.41, 5.74) is 5.14. The molecule has 0 saturated carbocycles. The average Bonchev–Trinajstić information content (AvgIpc) is 3.39. The molecule has 2 aliphatic rings. The number of anilines is 3. The Hall–Kier alpha value is -3.82. The van der Waals surface area contributed by atoms with Crippen LogP contribution in [-0.4, -0.2) is 68.9 Å². The van der Waals surface area contributed by atoms with E-state index in [2.05, 4.69) is 34.1 Å². The number of urea groups is 1. The SMILES string of the molecule is Cc1cc2cc(NC(=O)N3CCc4c(N5C[C@@H](C)N(C(=O)OC(C)(C)C)[C@@H](C)C5)ccnc43)c(C)cn2n1. The number of aryl methyl sites for hydroxylation is 2. The molecule has 0 spiro atoms. The minimum absolute atomic E-state index is 0.0247. The van der Waals surface area contributed by atoms with Gasteiger partial charge in [0.05, 0.1) is 23.3 Å². The highest BCUT2D eigenvalue weighted by Crippen LogP contribution is 2.36. The summed E-state index contributed by atoms with van der Waals surface area (Å²) in [6, 6.07) is 5.70. The van der Waals surface area contributed by atoms with E-state index < -0.39 is 5.60 Å². The Morgan fingerprint density at radius 2 is 1.82 bits per heavy atom. The fraction of sp³-hybridized carbons (Fsp3) is 0.500. The molecule has 3 amide bonds. The molecule has 3 aromatic rings. The first-order valence-corrected chi connectivity index (χ1v) is 13.2. The lowest BCUT2D eigenvalue weighted by Crippen LogP contribution is -2.59. The van der Waals surface area contributed by atoms with Gasteiger partial charge < -0.3 is 15.0 Å². The first kappa shape index (κ1) is 25.8. The second kappa shape index (κ2) is 9.49. The van der Waals surface area contributed by atoms with Gasteiger partial charge in [0.15, 0.2) is 0 Å². The summed E-state index contributed by atoms with van der Waals surface area (Å²) in [7, 11) is 0. The first-order chi connectivity index (χ1) is 17.9. The molecule has 0 unspecified atom stereocenters. The molecule has 2 aliphatic heterocycles. The molecule has 1 N–H and O–H groups in total. The lowest BCUT2D eigenvalue weighted by Gasteiger charge is -2.45. The monoisotopic (exact) mass is 519 g/mol. The fourth-order valence-corrected chi connectivity index (χ4v) is 5.54. The van der Waals surface area contributed by atoms with E-state index in [0.717, 1.165) is 40.1 Å². The number of carbonyl (C=O) groups is 2. The summed E-state index contributed by atoms with van der Waals surface area (Å²) in [6.45, 7) is 15.6. The maximum Gasteiger partial charge on any atom is 0.410 e. The number of nitrogens with zero attached hydrogens (tertiary/aromatic N) is 6. The van der Waals surface area contributed by atoms with Crippen molar-refractivity contribution in [2.24, 2.45) is 0 Å². The number of pyridine rings is 2. The van der Waals surface area contributed by atoms with Gasteiger partial charge in [-0.25, -0.2) is 19.1 Å². The number of aromatic nitrogens is 3. The van der Waals surface area contributed by atoms with Crippen LogP contribution in [0.15, 0.2) is 30.6 Å². The molecule has 0 bridgehead atoms. The van der Waals surface area contributed by atoms with Crippen LogP contribution >= 0.6 is 0 Å². The van der Waals surface area contributed by atoms with Gasteiger partial charge in [-0.05, 0) is 78.6 Å². The molecule has 5 rings (SSSR count). The average molecular weight is 520 g/mol. The van der Waals surface area contributed by atoms with Crippen LogP contribution in [0.4, 0.5) is 26.8 Å². The van der Waals surface area contributed by atoms with E-state index in [0.29, 0.717) is 25.5 Å². The van der Waals surface area contributed by atoms with E-state index >= 15 is 0 Å². The van der Waals surface area contributed by atoms with E-state index in [9.17, 15) is 9.59 Å². The minimum atomic E-state index is -0.536. The molecule has 38 heavy (non-hydrogen) atoms. The van der Waals surface area contributed by atoms with E-state index in [1.807, 2.05) is 68.4 Å². The van der Waals surface area contributed by atoms with Crippen molar-refractivity contribution in [1.82, 2.24) is 19.5 Å². The van der Waals surface area contributed by atoms with Gasteiger partial charge in [0, 0.05) is 49.0 Å². The highest BCUT2D eigenvalue weighted by Gasteiger charge is 2.37. The summed E-state index contributed by atoms with van der Waals surface area (Å²) in [5, 5.41) is 7.52. The Bertz CT molecular complexity index is 1380. The maximum absolute atomic E-state index is 13.4. The molecule has 5 heterocycles. The van der Waals surface area contributed by atoms with Crippen LogP contribution in [0.5, 0.6) is 0 Å². The summed E-state index contributed by atoms with van der Waals surface area (Å²) in [5.74, 6) is 0.689. The van der Waals surface area contributed by atoms with Crippen molar-refractivity contribution in [3.8, 4) is 0 Å². The standard InChI is InChI=1S/C28H37N7O3/c1-17-14-34-21(12-18(2)31-34)13-23(17)30-26(36)33-11-9-22-24(8-10-29-25(22)33)32-15-19(3)35(20(4)16-32)27(37)38-28(5,6)7/h8,10,12-14,19-20H,9,11,15-16H2,1-7H3,(H,30,36)/t19-,20+. The summed E-state index contributed by atoms with van der Waals surface area (Å²) >= 11 is 0.